The van der Waals surface area contributed by atoms with Crippen LogP contribution in [0.15, 0.2) is 85.5 Å². The van der Waals surface area contributed by atoms with Crippen LogP contribution >= 0.6 is 11.6 Å². The van der Waals surface area contributed by atoms with Gasteiger partial charge >= 0.3 is 0 Å². The van der Waals surface area contributed by atoms with Gasteiger partial charge in [-0.25, -0.2) is 0 Å². The van der Waals surface area contributed by atoms with E-state index >= 15 is 0 Å². The maximum absolute atomic E-state index is 14.5. The van der Waals surface area contributed by atoms with Crippen LogP contribution in [0.1, 0.15) is 24.5 Å². The summed E-state index contributed by atoms with van der Waals surface area (Å²) in [5.41, 5.74) is 1.07. The minimum atomic E-state index is -2.43. The van der Waals surface area contributed by atoms with E-state index in [9.17, 15) is 14.7 Å². The molecule has 3 aromatic carbocycles. The molecule has 44 heavy (non-hydrogen) atoms. The molecule has 0 bridgehead atoms. The van der Waals surface area contributed by atoms with Crippen molar-refractivity contribution in [1.82, 2.24) is 4.90 Å². The van der Waals surface area contributed by atoms with Gasteiger partial charge in [0.1, 0.15) is 5.75 Å². The molecule has 0 unspecified atom stereocenters. The van der Waals surface area contributed by atoms with Crippen LogP contribution in [0.2, 0.25) is 23.7 Å². The summed E-state index contributed by atoms with van der Waals surface area (Å²) in [7, 11) is -0.780. The van der Waals surface area contributed by atoms with Gasteiger partial charge in [-0.05, 0) is 41.4 Å². The number of anilines is 1. The summed E-state index contributed by atoms with van der Waals surface area (Å²) in [6.07, 6.45) is 1.25. The van der Waals surface area contributed by atoms with Crippen molar-refractivity contribution in [2.75, 3.05) is 31.7 Å². The fraction of sp³-hybridized carbons (Fsp3) is 0.371. The maximum atomic E-state index is 14.5. The number of hydrogen-bond acceptors (Lipinski definition) is 5. The Labute approximate surface area is 266 Å². The Morgan fingerprint density at radius 1 is 1.16 bits per heavy atom. The molecule has 2 aliphatic rings. The van der Waals surface area contributed by atoms with Gasteiger partial charge in [-0.15, -0.1) is 6.58 Å². The second-order valence-corrected chi connectivity index (χ2v) is 17.4. The molecule has 0 aromatic heterocycles. The lowest BCUT2D eigenvalue weighted by Gasteiger charge is -2.37. The van der Waals surface area contributed by atoms with E-state index in [0.29, 0.717) is 18.1 Å². The third-order valence-corrected chi connectivity index (χ3v) is 14.0. The van der Waals surface area contributed by atoms with Crippen LogP contribution in [0, 0.1) is 5.92 Å². The predicted octanol–water partition coefficient (Wildman–Crippen LogP) is 5.51. The first-order chi connectivity index (χ1) is 21.1. The molecule has 1 spiro atoms. The zero-order valence-electron chi connectivity index (χ0n) is 25.8. The molecule has 2 aliphatic heterocycles. The molecule has 0 aliphatic carbocycles. The Bertz CT molecular complexity index is 1520. The van der Waals surface area contributed by atoms with Gasteiger partial charge in [-0.3, -0.25) is 9.59 Å². The van der Waals surface area contributed by atoms with Crippen molar-refractivity contribution in [2.24, 2.45) is 5.92 Å². The number of halogens is 1. The average Bonchev–Trinajstić information content (AvgIpc) is 3.44. The molecule has 0 saturated carbocycles. The van der Waals surface area contributed by atoms with Crippen molar-refractivity contribution >= 4 is 42.4 Å². The Hall–Kier alpha value is -3.43. The van der Waals surface area contributed by atoms with Crippen molar-refractivity contribution in [1.29, 1.82) is 0 Å². The van der Waals surface area contributed by atoms with E-state index < -0.39 is 19.8 Å². The summed E-state index contributed by atoms with van der Waals surface area (Å²) in [5.74, 6) is 0.233. The van der Waals surface area contributed by atoms with Gasteiger partial charge in [0.2, 0.25) is 5.91 Å². The molecule has 1 fully saturated rings. The lowest BCUT2D eigenvalue weighted by atomic mass is 9.82. The van der Waals surface area contributed by atoms with E-state index in [1.165, 1.54) is 5.19 Å². The molecule has 9 heteroatoms. The lowest BCUT2D eigenvalue weighted by Crippen LogP contribution is -2.52. The van der Waals surface area contributed by atoms with Gasteiger partial charge in [-0.1, -0.05) is 85.3 Å². The fourth-order valence-corrected chi connectivity index (χ4v) is 11.5. The molecule has 232 valence electrons. The molecular weight excluding hydrogens is 592 g/mol. The van der Waals surface area contributed by atoms with Crippen LogP contribution in [0.4, 0.5) is 5.69 Å². The Kier molecular flexibility index (Phi) is 9.37. The van der Waals surface area contributed by atoms with Crippen molar-refractivity contribution in [3.8, 4) is 5.75 Å². The smallest absolute Gasteiger partial charge is 0.264 e. The normalized spacial score (nSPS) is 22.7. The number of ether oxygens (including phenoxy) is 2. The van der Waals surface area contributed by atoms with Crippen LogP contribution in [0.5, 0.6) is 5.75 Å². The molecule has 1 N–H and O–H groups in total. The average molecular weight is 633 g/mol. The van der Waals surface area contributed by atoms with Crippen molar-refractivity contribution in [3.63, 3.8) is 0 Å². The molecule has 5 rings (SSSR count). The van der Waals surface area contributed by atoms with E-state index in [1.54, 1.807) is 29.1 Å². The summed E-state index contributed by atoms with van der Waals surface area (Å²) in [6.45, 7) is 11.3. The van der Waals surface area contributed by atoms with E-state index in [-0.39, 0.29) is 42.8 Å². The SMILES string of the molecule is C=CCN1C(=O)[C@]2(O[C@H](CC(=O)N(CCO)Cc3ccccc3)[C@@H]([Si](C)(C)c3ccc(OC)cc3)[C@@H]2C)c2cc(Cl)ccc21. The number of amides is 2. The van der Waals surface area contributed by atoms with Gasteiger partial charge in [0.05, 0.1) is 40.0 Å². The minimum Gasteiger partial charge on any atom is -0.497 e. The third kappa shape index (κ3) is 5.60. The van der Waals surface area contributed by atoms with Crippen molar-refractivity contribution in [2.45, 2.75) is 50.2 Å². The number of nitrogens with zero attached hydrogens (tertiary/aromatic N) is 2. The quantitative estimate of drug-likeness (QED) is 0.223. The van der Waals surface area contributed by atoms with E-state index in [2.05, 4.69) is 38.7 Å². The number of carbonyl (C=O) groups excluding carboxylic acids is 2. The predicted molar refractivity (Wildman–Crippen MR) is 177 cm³/mol. The number of aliphatic hydroxyl groups excluding tert-OH is 1. The molecule has 0 radical (unpaired) electrons. The van der Waals surface area contributed by atoms with Gasteiger partial charge in [-0.2, -0.15) is 0 Å². The van der Waals surface area contributed by atoms with Crippen LogP contribution in [0.3, 0.4) is 0 Å². The van der Waals surface area contributed by atoms with Crippen molar-refractivity contribution in [3.05, 3.63) is 102 Å². The van der Waals surface area contributed by atoms with Crippen LogP contribution in [-0.4, -0.2) is 62.8 Å². The summed E-state index contributed by atoms with van der Waals surface area (Å²) in [4.78, 5) is 31.9. The monoisotopic (exact) mass is 632 g/mol. The molecule has 7 nitrogen and oxygen atoms in total. The molecule has 3 aromatic rings. The number of methoxy groups -OCH3 is 1. The Morgan fingerprint density at radius 3 is 2.50 bits per heavy atom. The third-order valence-electron chi connectivity index (χ3n) is 9.42. The minimum absolute atomic E-state index is 0.0841. The summed E-state index contributed by atoms with van der Waals surface area (Å²) >= 11 is 6.54. The molecule has 1 saturated heterocycles. The van der Waals surface area contributed by atoms with E-state index in [1.807, 2.05) is 54.6 Å². The maximum Gasteiger partial charge on any atom is 0.264 e. The number of aliphatic hydroxyl groups is 1. The molecule has 4 atom stereocenters. The highest BCUT2D eigenvalue weighted by molar-refractivity contribution is 6.91. The zero-order valence-corrected chi connectivity index (χ0v) is 27.6. The second kappa shape index (κ2) is 12.9. The molecule has 2 heterocycles. The number of carbonyl (C=O) groups is 2. The second-order valence-electron chi connectivity index (χ2n) is 12.3. The number of fused-ring (bicyclic) bond motifs is 2. The topological polar surface area (TPSA) is 79.3 Å². The highest BCUT2D eigenvalue weighted by Crippen LogP contribution is 2.60. The summed E-state index contributed by atoms with van der Waals surface area (Å²) in [5, 5.41) is 11.6. The standard InChI is InChI=1S/C35H41ClN2O5Si/c1-6-18-38-30-17-12-26(36)21-29(30)35(34(38)41)24(2)33(44(4,5)28-15-13-27(42-3)14-16-28)31(43-35)22-32(40)37(19-20-39)23-25-10-8-7-9-11-25/h6-17,21,24,31,33,39H,1,18-20,22-23H2,2-5H3/t24-,31+,33-,35+/m0/s1. The van der Waals surface area contributed by atoms with Crippen LogP contribution in [-0.2, 0) is 26.5 Å². The first-order valence-corrected chi connectivity index (χ1v) is 18.5. The van der Waals surface area contributed by atoms with Gasteiger partial charge in [0.15, 0.2) is 5.60 Å². The van der Waals surface area contributed by atoms with Crippen LogP contribution < -0.4 is 14.8 Å². The number of rotatable bonds is 11. The number of benzene rings is 3. The highest BCUT2D eigenvalue weighted by atomic mass is 35.5. The Morgan fingerprint density at radius 2 is 1.86 bits per heavy atom. The van der Waals surface area contributed by atoms with Gasteiger partial charge in [0, 0.05) is 36.1 Å². The summed E-state index contributed by atoms with van der Waals surface area (Å²) < 4.78 is 12.4. The van der Waals surface area contributed by atoms with Crippen molar-refractivity contribution < 1.29 is 24.2 Å². The van der Waals surface area contributed by atoms with Gasteiger partial charge < -0.3 is 24.4 Å². The highest BCUT2D eigenvalue weighted by Gasteiger charge is 2.66. The van der Waals surface area contributed by atoms with Crippen LogP contribution in [0.25, 0.3) is 0 Å². The molecule has 2 amide bonds. The van der Waals surface area contributed by atoms with E-state index in [0.717, 1.165) is 22.6 Å². The first kappa shape index (κ1) is 32.0. The zero-order chi connectivity index (χ0) is 31.6. The summed E-state index contributed by atoms with van der Waals surface area (Å²) in [6, 6.07) is 23.4. The fourth-order valence-electron chi connectivity index (χ4n) is 7.31. The lowest BCUT2D eigenvalue weighted by molar-refractivity contribution is -0.149. The van der Waals surface area contributed by atoms with E-state index in [4.69, 9.17) is 21.1 Å². The largest absolute Gasteiger partial charge is 0.497 e. The number of hydrogen-bond donors (Lipinski definition) is 1. The molecular formula is C35H41ClN2O5Si. The first-order valence-electron chi connectivity index (χ1n) is 15.1. The Balaban J connectivity index is 1.58. The van der Waals surface area contributed by atoms with Gasteiger partial charge in [0.25, 0.3) is 5.91 Å².